The van der Waals surface area contributed by atoms with Crippen LogP contribution in [0.3, 0.4) is 0 Å². The maximum absolute atomic E-state index is 10.5. The van der Waals surface area contributed by atoms with Gasteiger partial charge in [0.15, 0.2) is 0 Å². The number of primary amides is 1. The second-order valence-electron chi connectivity index (χ2n) is 3.23. The fourth-order valence-corrected chi connectivity index (χ4v) is 1.34. The van der Waals surface area contributed by atoms with Crippen LogP contribution < -0.4 is 16.8 Å². The van der Waals surface area contributed by atoms with Crippen molar-refractivity contribution in [2.75, 3.05) is 17.6 Å². The SMILES string of the molecule is NC(=O)CCCNc1cc(Cl)ccc1N. The van der Waals surface area contributed by atoms with Crippen LogP contribution in [0.1, 0.15) is 12.8 Å². The molecular formula is C10H14ClN3O. The van der Waals surface area contributed by atoms with Crippen LogP contribution in [-0.2, 0) is 4.79 Å². The molecule has 0 radical (unpaired) electrons. The Morgan fingerprint density at radius 2 is 2.20 bits per heavy atom. The number of anilines is 2. The smallest absolute Gasteiger partial charge is 0.217 e. The van der Waals surface area contributed by atoms with Gasteiger partial charge in [0.2, 0.25) is 5.91 Å². The van der Waals surface area contributed by atoms with Gasteiger partial charge in [0.05, 0.1) is 11.4 Å². The monoisotopic (exact) mass is 227 g/mol. The lowest BCUT2D eigenvalue weighted by molar-refractivity contribution is -0.118. The second kappa shape index (κ2) is 5.46. The molecule has 0 unspecified atom stereocenters. The Hall–Kier alpha value is -1.42. The van der Waals surface area contributed by atoms with Gasteiger partial charge >= 0.3 is 0 Å². The number of rotatable bonds is 5. The van der Waals surface area contributed by atoms with E-state index < -0.39 is 0 Å². The van der Waals surface area contributed by atoms with Crippen molar-refractivity contribution in [1.29, 1.82) is 0 Å². The number of carbonyl (C=O) groups excluding carboxylic acids is 1. The average Bonchev–Trinajstić information content (AvgIpc) is 2.17. The van der Waals surface area contributed by atoms with E-state index in [1.807, 2.05) is 0 Å². The van der Waals surface area contributed by atoms with E-state index in [4.69, 9.17) is 23.1 Å². The van der Waals surface area contributed by atoms with E-state index in [9.17, 15) is 4.79 Å². The summed E-state index contributed by atoms with van der Waals surface area (Å²) >= 11 is 5.81. The predicted molar refractivity (Wildman–Crippen MR) is 62.8 cm³/mol. The molecule has 1 aromatic carbocycles. The van der Waals surface area contributed by atoms with Crippen molar-refractivity contribution < 1.29 is 4.79 Å². The van der Waals surface area contributed by atoms with Crippen LogP contribution in [0.25, 0.3) is 0 Å². The number of nitrogens with two attached hydrogens (primary N) is 2. The molecule has 0 spiro atoms. The standard InChI is InChI=1S/C10H14ClN3O/c11-7-3-4-8(12)9(6-7)14-5-1-2-10(13)15/h3-4,6,14H,1-2,5,12H2,(H2,13,15). The highest BCUT2D eigenvalue weighted by molar-refractivity contribution is 6.31. The van der Waals surface area contributed by atoms with Crippen molar-refractivity contribution in [1.82, 2.24) is 0 Å². The van der Waals surface area contributed by atoms with Crippen molar-refractivity contribution in [3.05, 3.63) is 23.2 Å². The van der Waals surface area contributed by atoms with Gasteiger partial charge in [0.25, 0.3) is 0 Å². The summed E-state index contributed by atoms with van der Waals surface area (Å²) in [5.41, 5.74) is 12.2. The van der Waals surface area contributed by atoms with E-state index in [2.05, 4.69) is 5.32 Å². The first kappa shape index (κ1) is 11.7. The molecule has 15 heavy (non-hydrogen) atoms. The zero-order valence-electron chi connectivity index (χ0n) is 8.29. The highest BCUT2D eigenvalue weighted by atomic mass is 35.5. The first-order chi connectivity index (χ1) is 7.09. The van der Waals surface area contributed by atoms with E-state index in [1.54, 1.807) is 18.2 Å². The summed E-state index contributed by atoms with van der Waals surface area (Å²) in [4.78, 5) is 10.5. The summed E-state index contributed by atoms with van der Waals surface area (Å²) in [6, 6.07) is 5.21. The van der Waals surface area contributed by atoms with E-state index in [1.165, 1.54) is 0 Å². The van der Waals surface area contributed by atoms with Crippen molar-refractivity contribution in [3.63, 3.8) is 0 Å². The second-order valence-corrected chi connectivity index (χ2v) is 3.66. The lowest BCUT2D eigenvalue weighted by Crippen LogP contribution is -2.13. The van der Waals surface area contributed by atoms with Gasteiger partial charge in [-0.2, -0.15) is 0 Å². The van der Waals surface area contributed by atoms with Gasteiger partial charge < -0.3 is 16.8 Å². The van der Waals surface area contributed by atoms with Gasteiger partial charge in [-0.3, -0.25) is 4.79 Å². The normalized spacial score (nSPS) is 9.93. The molecule has 0 saturated heterocycles. The predicted octanol–water partition coefficient (Wildman–Crippen LogP) is 1.60. The van der Waals surface area contributed by atoms with Crippen LogP contribution in [0.5, 0.6) is 0 Å². The molecule has 5 N–H and O–H groups in total. The molecule has 0 aliphatic rings. The highest BCUT2D eigenvalue weighted by Crippen LogP contribution is 2.22. The van der Waals surface area contributed by atoms with E-state index in [0.717, 1.165) is 5.69 Å². The Morgan fingerprint density at radius 1 is 1.47 bits per heavy atom. The van der Waals surface area contributed by atoms with Gasteiger partial charge in [-0.15, -0.1) is 0 Å². The summed E-state index contributed by atoms with van der Waals surface area (Å²) in [6.45, 7) is 0.646. The van der Waals surface area contributed by atoms with Gasteiger partial charge in [-0.25, -0.2) is 0 Å². The molecule has 0 saturated carbocycles. The van der Waals surface area contributed by atoms with Crippen molar-refractivity contribution in [3.8, 4) is 0 Å². The first-order valence-electron chi connectivity index (χ1n) is 4.67. The minimum atomic E-state index is -0.295. The van der Waals surface area contributed by atoms with Gasteiger partial charge in [0.1, 0.15) is 0 Å². The van der Waals surface area contributed by atoms with Crippen LogP contribution in [0.15, 0.2) is 18.2 Å². The first-order valence-corrected chi connectivity index (χ1v) is 5.04. The van der Waals surface area contributed by atoms with Gasteiger partial charge in [-0.05, 0) is 24.6 Å². The number of hydrogen-bond donors (Lipinski definition) is 3. The average molecular weight is 228 g/mol. The molecule has 4 nitrogen and oxygen atoms in total. The minimum absolute atomic E-state index is 0.295. The topological polar surface area (TPSA) is 81.1 Å². The maximum atomic E-state index is 10.5. The Labute approximate surface area is 93.6 Å². The Kier molecular flexibility index (Phi) is 4.24. The van der Waals surface area contributed by atoms with E-state index in [-0.39, 0.29) is 5.91 Å². The number of amides is 1. The summed E-state index contributed by atoms with van der Waals surface area (Å²) < 4.78 is 0. The number of benzene rings is 1. The number of nitrogens with one attached hydrogen (secondary N) is 1. The Balaban J connectivity index is 2.43. The van der Waals surface area contributed by atoms with Crippen molar-refractivity contribution in [2.45, 2.75) is 12.8 Å². The molecule has 82 valence electrons. The number of hydrogen-bond acceptors (Lipinski definition) is 3. The Morgan fingerprint density at radius 3 is 2.87 bits per heavy atom. The quantitative estimate of drug-likeness (QED) is 0.528. The molecule has 0 heterocycles. The lowest BCUT2D eigenvalue weighted by atomic mass is 10.2. The van der Waals surface area contributed by atoms with Crippen molar-refractivity contribution in [2.24, 2.45) is 5.73 Å². The zero-order chi connectivity index (χ0) is 11.3. The van der Waals surface area contributed by atoms with Crippen molar-refractivity contribution >= 4 is 28.9 Å². The number of carbonyl (C=O) groups is 1. The number of nitrogen functional groups attached to an aromatic ring is 1. The fraction of sp³-hybridized carbons (Fsp3) is 0.300. The summed E-state index contributed by atoms with van der Waals surface area (Å²) in [7, 11) is 0. The third kappa shape index (κ3) is 4.08. The molecule has 1 amide bonds. The van der Waals surface area contributed by atoms with E-state index >= 15 is 0 Å². The molecule has 0 aliphatic carbocycles. The summed E-state index contributed by atoms with van der Waals surface area (Å²) in [5.74, 6) is -0.295. The minimum Gasteiger partial charge on any atom is -0.397 e. The van der Waals surface area contributed by atoms with E-state index in [0.29, 0.717) is 30.1 Å². The zero-order valence-corrected chi connectivity index (χ0v) is 9.05. The number of halogens is 1. The molecule has 0 aliphatic heterocycles. The Bertz CT molecular complexity index is 355. The lowest BCUT2D eigenvalue weighted by Gasteiger charge is -2.08. The largest absolute Gasteiger partial charge is 0.397 e. The molecule has 0 atom stereocenters. The van der Waals surface area contributed by atoms with Crippen LogP contribution >= 0.6 is 11.6 Å². The summed E-state index contributed by atoms with van der Waals surface area (Å²) in [6.07, 6.45) is 1.05. The maximum Gasteiger partial charge on any atom is 0.217 e. The fourth-order valence-electron chi connectivity index (χ4n) is 1.17. The van der Waals surface area contributed by atoms with Crippen LogP contribution in [0.2, 0.25) is 5.02 Å². The van der Waals surface area contributed by atoms with Gasteiger partial charge in [-0.1, -0.05) is 11.6 Å². The molecule has 0 fully saturated rings. The highest BCUT2D eigenvalue weighted by Gasteiger charge is 1.99. The third-order valence-corrected chi connectivity index (χ3v) is 2.17. The van der Waals surface area contributed by atoms with Crippen LogP contribution in [0.4, 0.5) is 11.4 Å². The van der Waals surface area contributed by atoms with Crippen LogP contribution in [0, 0.1) is 0 Å². The molecule has 1 rings (SSSR count). The summed E-state index contributed by atoms with van der Waals surface area (Å²) in [5, 5.41) is 3.72. The molecule has 1 aromatic rings. The molecule has 0 aromatic heterocycles. The van der Waals surface area contributed by atoms with Gasteiger partial charge in [0, 0.05) is 18.0 Å². The molecular weight excluding hydrogens is 214 g/mol. The third-order valence-electron chi connectivity index (χ3n) is 1.93. The molecule has 5 heteroatoms. The van der Waals surface area contributed by atoms with Crippen LogP contribution in [-0.4, -0.2) is 12.5 Å². The molecule has 0 bridgehead atoms.